The van der Waals surface area contributed by atoms with Crippen LogP contribution in [0.25, 0.3) is 0 Å². The molecule has 0 heterocycles. The number of benzene rings is 2. The largest absolute Gasteiger partial charge is 0.485 e. The van der Waals surface area contributed by atoms with E-state index in [-0.39, 0.29) is 12.4 Å². The number of carbonyl (C=O) groups excluding carboxylic acids is 1. The first-order valence-corrected chi connectivity index (χ1v) is 8.18. The van der Waals surface area contributed by atoms with Crippen molar-refractivity contribution in [2.24, 2.45) is 0 Å². The normalized spacial score (nSPS) is 10.5. The molecule has 4 heteroatoms. The van der Waals surface area contributed by atoms with Gasteiger partial charge in [0.05, 0.1) is 0 Å². The van der Waals surface area contributed by atoms with E-state index in [1.807, 2.05) is 56.5 Å². The molecule has 2 rings (SSSR count). The van der Waals surface area contributed by atoms with E-state index >= 15 is 0 Å². The number of thioether (sulfide) groups is 1. The van der Waals surface area contributed by atoms with Crippen LogP contribution in [0.4, 0.5) is 0 Å². The van der Waals surface area contributed by atoms with Crippen LogP contribution >= 0.6 is 23.4 Å². The maximum absolute atomic E-state index is 12.1. The van der Waals surface area contributed by atoms with E-state index in [9.17, 15) is 4.79 Å². The lowest BCUT2D eigenvalue weighted by Gasteiger charge is -2.12. The van der Waals surface area contributed by atoms with Gasteiger partial charge in [-0.05, 0) is 55.5 Å². The van der Waals surface area contributed by atoms with Crippen LogP contribution in [0.3, 0.4) is 0 Å². The van der Waals surface area contributed by atoms with Gasteiger partial charge in [-0.3, -0.25) is 4.79 Å². The number of Topliss-reactive ketones (excluding diaryl/α,β-unsaturated/α-hetero) is 1. The predicted molar refractivity (Wildman–Crippen MR) is 89.0 cm³/mol. The summed E-state index contributed by atoms with van der Waals surface area (Å²) in [4.78, 5) is 13.3. The Bertz CT molecular complexity index is 627. The number of ether oxygens (including phenoxy) is 1. The number of ketones is 1. The van der Waals surface area contributed by atoms with Crippen molar-refractivity contribution in [1.29, 1.82) is 0 Å². The van der Waals surface area contributed by atoms with Gasteiger partial charge in [-0.25, -0.2) is 0 Å². The van der Waals surface area contributed by atoms with E-state index in [0.717, 1.165) is 21.8 Å². The zero-order valence-electron chi connectivity index (χ0n) is 12.3. The van der Waals surface area contributed by atoms with Crippen molar-refractivity contribution in [2.75, 3.05) is 12.9 Å². The molecular weight excluding hydrogens is 304 g/mol. The summed E-state index contributed by atoms with van der Waals surface area (Å²) >= 11 is 7.63. The third kappa shape index (κ3) is 4.02. The zero-order chi connectivity index (χ0) is 15.4. The lowest BCUT2D eigenvalue weighted by atomic mass is 10.1. The summed E-state index contributed by atoms with van der Waals surface area (Å²) in [5.74, 6) is 0.699. The lowest BCUT2D eigenvalue weighted by Crippen LogP contribution is -2.12. The highest BCUT2D eigenvalue weighted by Gasteiger charge is 2.10. The molecule has 0 aliphatic carbocycles. The van der Waals surface area contributed by atoms with Crippen LogP contribution in [0.5, 0.6) is 5.75 Å². The highest BCUT2D eigenvalue weighted by Crippen LogP contribution is 2.27. The highest BCUT2D eigenvalue weighted by atomic mass is 35.5. The van der Waals surface area contributed by atoms with Crippen LogP contribution < -0.4 is 4.74 Å². The van der Waals surface area contributed by atoms with Gasteiger partial charge >= 0.3 is 0 Å². The maximum atomic E-state index is 12.1. The topological polar surface area (TPSA) is 26.3 Å². The summed E-state index contributed by atoms with van der Waals surface area (Å²) in [5.41, 5.74) is 2.54. The summed E-state index contributed by atoms with van der Waals surface area (Å²) in [6.07, 6.45) is 2.01. The molecule has 0 aliphatic rings. The molecule has 0 amide bonds. The third-order valence-electron chi connectivity index (χ3n) is 3.18. The molecule has 2 nitrogen and oxygen atoms in total. The third-order valence-corrected chi connectivity index (χ3v) is 4.15. The molecule has 0 unspecified atom stereocenters. The average molecular weight is 321 g/mol. The van der Waals surface area contributed by atoms with Crippen LogP contribution in [0.2, 0.25) is 5.02 Å². The van der Waals surface area contributed by atoms with E-state index in [1.54, 1.807) is 11.8 Å². The van der Waals surface area contributed by atoms with Gasteiger partial charge in [-0.2, -0.15) is 0 Å². The number of hydrogen-bond donors (Lipinski definition) is 0. The second-order valence-corrected chi connectivity index (χ2v) is 6.13. The van der Waals surface area contributed by atoms with Gasteiger partial charge in [0.2, 0.25) is 0 Å². The summed E-state index contributed by atoms with van der Waals surface area (Å²) in [6.45, 7) is 3.87. The number of halogens is 1. The van der Waals surface area contributed by atoms with Gasteiger partial charge in [0.25, 0.3) is 0 Å². The minimum atomic E-state index is -0.0311. The number of rotatable bonds is 5. The molecule has 0 saturated heterocycles. The molecule has 2 aromatic rings. The molecule has 0 radical (unpaired) electrons. The molecule has 2 aromatic carbocycles. The summed E-state index contributed by atoms with van der Waals surface area (Å²) in [6, 6.07) is 11.2. The van der Waals surface area contributed by atoms with Crippen LogP contribution in [0.1, 0.15) is 21.5 Å². The Hall–Kier alpha value is -1.45. The van der Waals surface area contributed by atoms with Gasteiger partial charge in [-0.1, -0.05) is 23.7 Å². The molecule has 0 saturated carbocycles. The van der Waals surface area contributed by atoms with E-state index in [0.29, 0.717) is 10.6 Å². The van der Waals surface area contributed by atoms with Crippen LogP contribution in [0.15, 0.2) is 41.3 Å². The van der Waals surface area contributed by atoms with E-state index in [4.69, 9.17) is 16.3 Å². The Kier molecular flexibility index (Phi) is 5.32. The Morgan fingerprint density at radius 2 is 1.71 bits per heavy atom. The zero-order valence-corrected chi connectivity index (χ0v) is 13.8. The molecule has 0 aliphatic heterocycles. The Morgan fingerprint density at radius 3 is 2.24 bits per heavy atom. The van der Waals surface area contributed by atoms with Gasteiger partial charge < -0.3 is 4.74 Å². The van der Waals surface area contributed by atoms with Crippen LogP contribution in [-0.4, -0.2) is 18.6 Å². The SMILES string of the molecule is CSc1ccc(C(=O)COc2c(C)cc(Cl)cc2C)cc1. The van der Waals surface area contributed by atoms with Crippen molar-refractivity contribution in [1.82, 2.24) is 0 Å². The molecule has 0 aromatic heterocycles. The quantitative estimate of drug-likeness (QED) is 0.576. The molecule has 0 fully saturated rings. The van der Waals surface area contributed by atoms with Crippen LogP contribution in [0, 0.1) is 13.8 Å². The van der Waals surface area contributed by atoms with Gasteiger partial charge in [0, 0.05) is 15.5 Å². The summed E-state index contributed by atoms with van der Waals surface area (Å²) in [7, 11) is 0. The van der Waals surface area contributed by atoms with E-state index in [1.165, 1.54) is 0 Å². The van der Waals surface area contributed by atoms with E-state index in [2.05, 4.69) is 0 Å². The first-order valence-electron chi connectivity index (χ1n) is 6.58. The minimum absolute atomic E-state index is 0.0297. The molecule has 0 atom stereocenters. The van der Waals surface area contributed by atoms with Crippen LogP contribution in [-0.2, 0) is 0 Å². The summed E-state index contributed by atoms with van der Waals surface area (Å²) in [5, 5.41) is 0.677. The highest BCUT2D eigenvalue weighted by molar-refractivity contribution is 7.98. The monoisotopic (exact) mass is 320 g/mol. The fourth-order valence-electron chi connectivity index (χ4n) is 2.12. The smallest absolute Gasteiger partial charge is 0.200 e. The van der Waals surface area contributed by atoms with Crippen molar-refractivity contribution in [3.63, 3.8) is 0 Å². The Morgan fingerprint density at radius 1 is 1.14 bits per heavy atom. The molecule has 21 heavy (non-hydrogen) atoms. The molecule has 0 spiro atoms. The number of hydrogen-bond acceptors (Lipinski definition) is 3. The fourth-order valence-corrected chi connectivity index (χ4v) is 2.86. The summed E-state index contributed by atoms with van der Waals surface area (Å²) < 4.78 is 5.68. The minimum Gasteiger partial charge on any atom is -0.485 e. The molecule has 0 N–H and O–H groups in total. The Balaban J connectivity index is 2.07. The van der Waals surface area contributed by atoms with Crippen molar-refractivity contribution < 1.29 is 9.53 Å². The fraction of sp³-hybridized carbons (Fsp3) is 0.235. The molecule has 0 bridgehead atoms. The average Bonchev–Trinajstić information content (AvgIpc) is 2.46. The second-order valence-electron chi connectivity index (χ2n) is 4.81. The van der Waals surface area contributed by atoms with E-state index < -0.39 is 0 Å². The van der Waals surface area contributed by atoms with Crippen molar-refractivity contribution >= 4 is 29.1 Å². The second kappa shape index (κ2) is 7.01. The first-order chi connectivity index (χ1) is 10.0. The van der Waals surface area contributed by atoms with Crippen molar-refractivity contribution in [2.45, 2.75) is 18.7 Å². The van der Waals surface area contributed by atoms with Gasteiger partial charge in [0.15, 0.2) is 12.4 Å². The standard InChI is InChI=1S/C17H17ClO2S/c1-11-8-14(18)9-12(2)17(11)20-10-16(19)13-4-6-15(21-3)7-5-13/h4-9H,10H2,1-3H3. The van der Waals surface area contributed by atoms with Crippen molar-refractivity contribution in [3.8, 4) is 5.75 Å². The Labute approximate surface area is 134 Å². The van der Waals surface area contributed by atoms with Gasteiger partial charge in [-0.15, -0.1) is 11.8 Å². The predicted octanol–water partition coefficient (Wildman–Crippen LogP) is 4.94. The first kappa shape index (κ1) is 15.9. The van der Waals surface area contributed by atoms with Gasteiger partial charge in [0.1, 0.15) is 5.75 Å². The number of aryl methyl sites for hydroxylation is 2. The number of carbonyl (C=O) groups is 1. The lowest BCUT2D eigenvalue weighted by molar-refractivity contribution is 0.0920. The molecule has 110 valence electrons. The van der Waals surface area contributed by atoms with Crippen molar-refractivity contribution in [3.05, 3.63) is 58.1 Å². The molecular formula is C17H17ClO2S. The maximum Gasteiger partial charge on any atom is 0.200 e.